The van der Waals surface area contributed by atoms with Gasteiger partial charge >= 0.3 is 0 Å². The molecule has 132 valence electrons. The lowest BCUT2D eigenvalue weighted by molar-refractivity contribution is -0.115. The van der Waals surface area contributed by atoms with E-state index in [-0.39, 0.29) is 11.7 Å². The van der Waals surface area contributed by atoms with Gasteiger partial charge in [-0.3, -0.25) is 4.79 Å². The summed E-state index contributed by atoms with van der Waals surface area (Å²) in [5.74, 6) is 0.124. The zero-order valence-electron chi connectivity index (χ0n) is 15.6. The van der Waals surface area contributed by atoms with Crippen molar-refractivity contribution in [3.05, 3.63) is 72.9 Å². The smallest absolute Gasteiger partial charge is 0.162 e. The molecule has 0 saturated heterocycles. The molecule has 0 aromatic heterocycles. The van der Waals surface area contributed by atoms with Crippen molar-refractivity contribution in [2.45, 2.75) is 52.9 Å². The van der Waals surface area contributed by atoms with Gasteiger partial charge in [0.1, 0.15) is 6.29 Å². The van der Waals surface area contributed by atoms with E-state index < -0.39 is 0 Å². The third-order valence-electron chi connectivity index (χ3n) is 3.21. The van der Waals surface area contributed by atoms with E-state index in [1.54, 1.807) is 18.2 Å². The molecule has 1 aromatic carbocycles. The lowest BCUT2D eigenvalue weighted by Crippen LogP contribution is -2.06. The SMILES string of the molecule is C=C/C=C(\C=C)C(=O)CCC(CC=O)c1ccccc1.CC.CC. The van der Waals surface area contributed by atoms with Crippen molar-refractivity contribution < 1.29 is 9.59 Å². The van der Waals surface area contributed by atoms with Crippen molar-refractivity contribution in [1.29, 1.82) is 0 Å². The summed E-state index contributed by atoms with van der Waals surface area (Å²) in [6.07, 6.45) is 7.19. The summed E-state index contributed by atoms with van der Waals surface area (Å²) in [4.78, 5) is 22.8. The van der Waals surface area contributed by atoms with Crippen LogP contribution in [0, 0.1) is 0 Å². The summed E-state index contributed by atoms with van der Waals surface area (Å²) in [5, 5.41) is 0. The van der Waals surface area contributed by atoms with E-state index in [2.05, 4.69) is 13.2 Å². The summed E-state index contributed by atoms with van der Waals surface area (Å²) in [6, 6.07) is 9.82. The Morgan fingerprint density at radius 3 is 2.12 bits per heavy atom. The molecule has 0 aliphatic heterocycles. The maximum Gasteiger partial charge on any atom is 0.162 e. The predicted molar refractivity (Wildman–Crippen MR) is 105 cm³/mol. The highest BCUT2D eigenvalue weighted by molar-refractivity contribution is 5.98. The van der Waals surface area contributed by atoms with Crippen molar-refractivity contribution in [2.24, 2.45) is 0 Å². The molecular weight excluding hydrogens is 296 g/mol. The van der Waals surface area contributed by atoms with Crippen LogP contribution in [0.5, 0.6) is 0 Å². The zero-order chi connectivity index (χ0) is 18.8. The molecule has 2 nitrogen and oxygen atoms in total. The number of hydrogen-bond acceptors (Lipinski definition) is 2. The monoisotopic (exact) mass is 328 g/mol. The minimum absolute atomic E-state index is 0.0340. The molecule has 2 heteroatoms. The number of allylic oxidation sites excluding steroid dienone is 4. The highest BCUT2D eigenvalue weighted by Crippen LogP contribution is 2.24. The largest absolute Gasteiger partial charge is 0.303 e. The Balaban J connectivity index is 0. The first-order chi connectivity index (χ1) is 11.7. The predicted octanol–water partition coefficient (Wildman–Crippen LogP) is 6.06. The van der Waals surface area contributed by atoms with Crippen LogP contribution in [0.3, 0.4) is 0 Å². The lowest BCUT2D eigenvalue weighted by Gasteiger charge is -2.14. The summed E-state index contributed by atoms with van der Waals surface area (Å²) in [5.41, 5.74) is 1.66. The maximum atomic E-state index is 12.0. The maximum absolute atomic E-state index is 12.0. The minimum Gasteiger partial charge on any atom is -0.303 e. The van der Waals surface area contributed by atoms with Crippen LogP contribution in [0.25, 0.3) is 0 Å². The molecule has 0 saturated carbocycles. The third kappa shape index (κ3) is 9.73. The van der Waals surface area contributed by atoms with Gasteiger partial charge < -0.3 is 4.79 Å². The Hall–Kier alpha value is -2.22. The molecule has 1 unspecified atom stereocenters. The molecule has 1 atom stereocenters. The van der Waals surface area contributed by atoms with Gasteiger partial charge in [-0.05, 0) is 17.9 Å². The van der Waals surface area contributed by atoms with E-state index in [0.29, 0.717) is 24.8 Å². The number of Topliss-reactive ketones (excluding diaryl/α,β-unsaturated/α-hetero) is 1. The van der Waals surface area contributed by atoms with Gasteiger partial charge in [-0.15, -0.1) is 0 Å². The van der Waals surface area contributed by atoms with Crippen LogP contribution >= 0.6 is 0 Å². The average Bonchev–Trinajstić information content (AvgIpc) is 2.66. The number of carbonyl (C=O) groups is 2. The fraction of sp³-hybridized carbons (Fsp3) is 0.364. The van der Waals surface area contributed by atoms with Gasteiger partial charge in [0.05, 0.1) is 0 Å². The van der Waals surface area contributed by atoms with E-state index in [0.717, 1.165) is 11.8 Å². The van der Waals surface area contributed by atoms with E-state index in [1.165, 1.54) is 0 Å². The van der Waals surface area contributed by atoms with Crippen LogP contribution in [0.4, 0.5) is 0 Å². The van der Waals surface area contributed by atoms with Crippen molar-refractivity contribution in [3.8, 4) is 0 Å². The molecule has 0 fully saturated rings. The first-order valence-electron chi connectivity index (χ1n) is 8.69. The van der Waals surface area contributed by atoms with Gasteiger partial charge in [-0.25, -0.2) is 0 Å². The van der Waals surface area contributed by atoms with Gasteiger partial charge in [0.15, 0.2) is 5.78 Å². The highest BCUT2D eigenvalue weighted by atomic mass is 16.1. The summed E-state index contributed by atoms with van der Waals surface area (Å²) in [7, 11) is 0. The van der Waals surface area contributed by atoms with E-state index in [1.807, 2.05) is 58.0 Å². The van der Waals surface area contributed by atoms with Crippen LogP contribution in [0.15, 0.2) is 67.3 Å². The molecule has 0 N–H and O–H groups in total. The van der Waals surface area contributed by atoms with Crippen LogP contribution in [-0.2, 0) is 9.59 Å². The van der Waals surface area contributed by atoms with Crippen LogP contribution in [0.2, 0.25) is 0 Å². The number of ketones is 1. The summed E-state index contributed by atoms with van der Waals surface area (Å²) in [6.45, 7) is 15.2. The van der Waals surface area contributed by atoms with Gasteiger partial charge in [0.25, 0.3) is 0 Å². The third-order valence-corrected chi connectivity index (χ3v) is 3.21. The molecular formula is C22H32O2. The van der Waals surface area contributed by atoms with Crippen LogP contribution < -0.4 is 0 Å². The van der Waals surface area contributed by atoms with Crippen molar-refractivity contribution in [3.63, 3.8) is 0 Å². The molecule has 0 amide bonds. The Morgan fingerprint density at radius 2 is 1.67 bits per heavy atom. The quantitative estimate of drug-likeness (QED) is 0.314. The molecule has 0 spiro atoms. The Bertz CT molecular complexity index is 498. The lowest BCUT2D eigenvalue weighted by atomic mass is 9.90. The van der Waals surface area contributed by atoms with Crippen LogP contribution in [-0.4, -0.2) is 12.1 Å². The Morgan fingerprint density at radius 1 is 1.08 bits per heavy atom. The van der Waals surface area contributed by atoms with Gasteiger partial charge in [-0.1, -0.05) is 89.4 Å². The Labute approximate surface area is 148 Å². The molecule has 0 aliphatic rings. The molecule has 0 radical (unpaired) electrons. The second kappa shape index (κ2) is 17.1. The van der Waals surface area contributed by atoms with E-state index in [4.69, 9.17) is 0 Å². The van der Waals surface area contributed by atoms with Crippen molar-refractivity contribution in [2.75, 3.05) is 0 Å². The fourth-order valence-corrected chi connectivity index (χ4v) is 2.11. The number of hydrogen-bond donors (Lipinski definition) is 0. The summed E-state index contributed by atoms with van der Waals surface area (Å²) < 4.78 is 0. The zero-order valence-corrected chi connectivity index (χ0v) is 15.6. The van der Waals surface area contributed by atoms with Crippen molar-refractivity contribution >= 4 is 12.1 Å². The Kier molecular flexibility index (Phi) is 17.2. The van der Waals surface area contributed by atoms with Crippen molar-refractivity contribution in [1.82, 2.24) is 0 Å². The van der Waals surface area contributed by atoms with Gasteiger partial charge in [0, 0.05) is 18.4 Å². The molecule has 1 rings (SSSR count). The molecule has 0 bridgehead atoms. The first kappa shape index (κ1) is 24.0. The molecule has 0 heterocycles. The first-order valence-corrected chi connectivity index (χ1v) is 8.69. The van der Waals surface area contributed by atoms with E-state index in [9.17, 15) is 9.59 Å². The molecule has 1 aromatic rings. The van der Waals surface area contributed by atoms with Gasteiger partial charge in [-0.2, -0.15) is 0 Å². The van der Waals surface area contributed by atoms with Gasteiger partial charge in [0.2, 0.25) is 0 Å². The van der Waals surface area contributed by atoms with E-state index >= 15 is 0 Å². The molecule has 0 aliphatic carbocycles. The topological polar surface area (TPSA) is 34.1 Å². The standard InChI is InChI=1S/C18H20O2.2C2H6/c1-3-8-15(4-2)18(20)12-11-17(13-14-19)16-9-6-5-7-10-16;2*1-2/h3-10,14,17H,1-2,11-13H2;2*1-2H3/b15-8+;;. The fourth-order valence-electron chi connectivity index (χ4n) is 2.11. The second-order valence-electron chi connectivity index (χ2n) is 4.53. The highest BCUT2D eigenvalue weighted by Gasteiger charge is 2.14. The molecule has 24 heavy (non-hydrogen) atoms. The normalized spacial score (nSPS) is 10.9. The number of benzene rings is 1. The number of rotatable bonds is 9. The number of aldehydes is 1. The van der Waals surface area contributed by atoms with Crippen LogP contribution in [0.1, 0.15) is 58.4 Å². The minimum atomic E-state index is 0.0340. The second-order valence-corrected chi connectivity index (χ2v) is 4.53. The average molecular weight is 328 g/mol. The number of carbonyl (C=O) groups excluding carboxylic acids is 2. The summed E-state index contributed by atoms with van der Waals surface area (Å²) >= 11 is 0.